The largest absolute Gasteiger partial charge is 0.496 e. The van der Waals surface area contributed by atoms with Gasteiger partial charge in [-0.05, 0) is 24.3 Å². The Balaban J connectivity index is 1.45. The van der Waals surface area contributed by atoms with Crippen molar-refractivity contribution in [2.45, 2.75) is 12.5 Å². The summed E-state index contributed by atoms with van der Waals surface area (Å²) in [6, 6.07) is 21.5. The monoisotopic (exact) mass is 594 g/mol. The van der Waals surface area contributed by atoms with Crippen LogP contribution in [0.3, 0.4) is 0 Å². The quantitative estimate of drug-likeness (QED) is 0.342. The number of rotatable bonds is 9. The second kappa shape index (κ2) is 13.5. The van der Waals surface area contributed by atoms with E-state index in [1.807, 2.05) is 42.5 Å². The molecule has 3 aromatic rings. The van der Waals surface area contributed by atoms with Crippen molar-refractivity contribution in [2.24, 2.45) is 5.10 Å². The molecule has 0 aromatic heterocycles. The van der Waals surface area contributed by atoms with Crippen LogP contribution in [0.1, 0.15) is 33.9 Å². The number of carbonyl (C=O) groups excluding carboxylic acids is 2. The number of morpholine rings is 1. The van der Waals surface area contributed by atoms with Crippen LogP contribution in [-0.2, 0) is 9.53 Å². The van der Waals surface area contributed by atoms with Crippen LogP contribution in [0.5, 0.6) is 5.75 Å². The predicted molar refractivity (Wildman–Crippen MR) is 160 cm³/mol. The Morgan fingerprint density at radius 2 is 1.66 bits per heavy atom. The minimum Gasteiger partial charge on any atom is -0.496 e. The zero-order valence-electron chi connectivity index (χ0n) is 22.8. The molecule has 3 aromatic carbocycles. The first kappa shape index (κ1) is 29.1. The van der Waals surface area contributed by atoms with Gasteiger partial charge >= 0.3 is 0 Å². The van der Waals surface area contributed by atoms with Crippen molar-refractivity contribution in [3.05, 3.63) is 99.5 Å². The van der Waals surface area contributed by atoms with Crippen LogP contribution in [0.4, 0.5) is 0 Å². The highest BCUT2D eigenvalue weighted by Gasteiger charge is 2.36. The summed E-state index contributed by atoms with van der Waals surface area (Å²) in [6.45, 7) is 3.63. The summed E-state index contributed by atoms with van der Waals surface area (Å²) < 4.78 is 11.1. The zero-order valence-corrected chi connectivity index (χ0v) is 24.4. The number of amides is 2. The van der Waals surface area contributed by atoms with E-state index in [1.54, 1.807) is 42.3 Å². The molecule has 0 bridgehead atoms. The fourth-order valence-corrected chi connectivity index (χ4v) is 5.62. The number of ether oxygens (including phenoxy) is 2. The van der Waals surface area contributed by atoms with Crippen LogP contribution in [0.15, 0.2) is 77.9 Å². The summed E-state index contributed by atoms with van der Waals surface area (Å²) in [6.07, 6.45) is 0.447. The van der Waals surface area contributed by atoms with Gasteiger partial charge in [-0.15, -0.1) is 0 Å². The van der Waals surface area contributed by atoms with Crippen LogP contribution >= 0.6 is 23.2 Å². The average molecular weight is 596 g/mol. The lowest BCUT2D eigenvalue weighted by atomic mass is 9.97. The van der Waals surface area contributed by atoms with Gasteiger partial charge in [0.2, 0.25) is 0 Å². The van der Waals surface area contributed by atoms with E-state index in [4.69, 9.17) is 37.8 Å². The van der Waals surface area contributed by atoms with E-state index >= 15 is 0 Å². The highest BCUT2D eigenvalue weighted by molar-refractivity contribution is 6.34. The Kier molecular flexibility index (Phi) is 9.57. The first-order valence-corrected chi connectivity index (χ1v) is 14.3. The van der Waals surface area contributed by atoms with E-state index in [9.17, 15) is 9.59 Å². The molecule has 5 rings (SSSR count). The van der Waals surface area contributed by atoms with Crippen LogP contribution in [-0.4, -0.2) is 85.4 Å². The lowest BCUT2D eigenvalue weighted by Gasteiger charge is -2.31. The molecule has 214 valence electrons. The molecule has 2 heterocycles. The van der Waals surface area contributed by atoms with Gasteiger partial charge in [0.1, 0.15) is 12.3 Å². The average Bonchev–Trinajstić information content (AvgIpc) is 3.45. The van der Waals surface area contributed by atoms with E-state index < -0.39 is 6.04 Å². The number of halogens is 2. The summed E-state index contributed by atoms with van der Waals surface area (Å²) >= 11 is 12.9. The van der Waals surface area contributed by atoms with Crippen molar-refractivity contribution in [1.29, 1.82) is 0 Å². The van der Waals surface area contributed by atoms with Gasteiger partial charge in [0.25, 0.3) is 11.8 Å². The molecule has 0 radical (unpaired) electrons. The molecule has 0 spiro atoms. The molecule has 1 atom stereocenters. The summed E-state index contributed by atoms with van der Waals surface area (Å²) in [4.78, 5) is 31.6. The molecular formula is C31H32Cl2N4O4. The fraction of sp³-hybridized carbons (Fsp3) is 0.323. The molecule has 0 unspecified atom stereocenters. The third kappa shape index (κ3) is 6.73. The van der Waals surface area contributed by atoms with Crippen LogP contribution in [0.25, 0.3) is 0 Å². The van der Waals surface area contributed by atoms with Gasteiger partial charge < -0.3 is 14.4 Å². The van der Waals surface area contributed by atoms with E-state index in [1.165, 1.54) is 5.01 Å². The van der Waals surface area contributed by atoms with E-state index in [2.05, 4.69) is 4.90 Å². The number of hydrazone groups is 1. The minimum absolute atomic E-state index is 0.167. The van der Waals surface area contributed by atoms with E-state index in [0.717, 1.165) is 24.2 Å². The van der Waals surface area contributed by atoms with E-state index in [-0.39, 0.29) is 18.4 Å². The zero-order chi connectivity index (χ0) is 28.8. The molecule has 2 amide bonds. The second-order valence-corrected chi connectivity index (χ2v) is 10.7. The first-order valence-electron chi connectivity index (χ1n) is 13.6. The van der Waals surface area contributed by atoms with Gasteiger partial charge in [-0.2, -0.15) is 5.10 Å². The standard InChI is InChI=1S/C31H32Cl2N4O4/c1-40-29-13-7-4-10-24(29)28-20-27(22-8-2-5-11-25(22)32)34-37(28)30(38)21-36(15-14-35-16-18-41-19-17-35)31(39)23-9-3-6-12-26(23)33/h2-13,28H,14-21H2,1H3/t28-/m1/s1. The molecule has 2 aliphatic rings. The number of methoxy groups -OCH3 is 1. The Bertz CT molecular complexity index is 1430. The molecule has 0 aliphatic carbocycles. The van der Waals surface area contributed by atoms with Crippen LogP contribution in [0, 0.1) is 0 Å². The number of nitrogens with zero attached hydrogens (tertiary/aromatic N) is 4. The third-order valence-electron chi connectivity index (χ3n) is 7.36. The maximum absolute atomic E-state index is 14.1. The fourth-order valence-electron chi connectivity index (χ4n) is 5.16. The smallest absolute Gasteiger partial charge is 0.262 e. The van der Waals surface area contributed by atoms with Crippen LogP contribution in [0.2, 0.25) is 10.0 Å². The summed E-state index contributed by atoms with van der Waals surface area (Å²) in [5.41, 5.74) is 2.64. The maximum atomic E-state index is 14.1. The molecule has 10 heteroatoms. The summed E-state index contributed by atoms with van der Waals surface area (Å²) in [5, 5.41) is 7.14. The number of benzene rings is 3. The van der Waals surface area contributed by atoms with Crippen molar-refractivity contribution in [2.75, 3.05) is 53.0 Å². The Morgan fingerprint density at radius 3 is 2.39 bits per heavy atom. The molecule has 1 fully saturated rings. The third-order valence-corrected chi connectivity index (χ3v) is 8.02. The van der Waals surface area contributed by atoms with Gasteiger partial charge in [-0.1, -0.05) is 71.7 Å². The molecule has 1 saturated heterocycles. The summed E-state index contributed by atoms with van der Waals surface area (Å²) in [5.74, 6) is 0.0353. The van der Waals surface area contributed by atoms with E-state index in [0.29, 0.717) is 59.8 Å². The number of hydrogen-bond donors (Lipinski definition) is 0. The molecule has 41 heavy (non-hydrogen) atoms. The SMILES string of the molecule is COc1ccccc1[C@H]1CC(c2ccccc2Cl)=NN1C(=O)CN(CCN1CCOCC1)C(=O)c1ccccc1Cl. The van der Waals surface area contributed by atoms with Gasteiger partial charge in [0, 0.05) is 48.7 Å². The Labute approximate surface area is 250 Å². The summed E-state index contributed by atoms with van der Waals surface area (Å²) in [7, 11) is 1.60. The van der Waals surface area contributed by atoms with Crippen molar-refractivity contribution in [1.82, 2.24) is 14.8 Å². The second-order valence-electron chi connectivity index (χ2n) is 9.89. The predicted octanol–water partition coefficient (Wildman–Crippen LogP) is 5.15. The maximum Gasteiger partial charge on any atom is 0.262 e. The van der Waals surface area contributed by atoms with Gasteiger partial charge in [0.05, 0.1) is 42.7 Å². The normalized spacial score (nSPS) is 17.3. The molecule has 8 nitrogen and oxygen atoms in total. The molecular weight excluding hydrogens is 563 g/mol. The van der Waals surface area contributed by atoms with Gasteiger partial charge in [-0.3, -0.25) is 14.5 Å². The lowest BCUT2D eigenvalue weighted by Crippen LogP contribution is -2.46. The molecule has 0 N–H and O–H groups in total. The minimum atomic E-state index is -0.429. The Hall–Kier alpha value is -3.43. The van der Waals surface area contributed by atoms with Crippen molar-refractivity contribution < 1.29 is 19.1 Å². The van der Waals surface area contributed by atoms with Crippen molar-refractivity contribution in [3.63, 3.8) is 0 Å². The van der Waals surface area contributed by atoms with Gasteiger partial charge in [-0.25, -0.2) is 5.01 Å². The van der Waals surface area contributed by atoms with Gasteiger partial charge in [0.15, 0.2) is 0 Å². The van der Waals surface area contributed by atoms with Crippen molar-refractivity contribution >= 4 is 40.7 Å². The highest BCUT2D eigenvalue weighted by Crippen LogP contribution is 2.38. The molecule has 0 saturated carbocycles. The van der Waals surface area contributed by atoms with Crippen molar-refractivity contribution in [3.8, 4) is 5.75 Å². The first-order chi connectivity index (χ1) is 20.0. The number of hydrogen-bond acceptors (Lipinski definition) is 6. The van der Waals surface area contributed by atoms with Crippen LogP contribution < -0.4 is 4.74 Å². The number of carbonyl (C=O) groups is 2. The Morgan fingerprint density at radius 1 is 0.976 bits per heavy atom. The highest BCUT2D eigenvalue weighted by atomic mass is 35.5. The topological polar surface area (TPSA) is 74.7 Å². The molecule has 2 aliphatic heterocycles. The lowest BCUT2D eigenvalue weighted by molar-refractivity contribution is -0.133. The number of para-hydroxylation sites is 1.